The Kier molecular flexibility index (Phi) is 6.27. The molecule has 1 atom stereocenters. The number of halogens is 1. The lowest BCUT2D eigenvalue weighted by atomic mass is 10.1. The van der Waals surface area contributed by atoms with Gasteiger partial charge in [-0.15, -0.1) is 0 Å². The number of aryl methyl sites for hydroxylation is 3. The smallest absolute Gasteiger partial charge is 0.261 e. The maximum Gasteiger partial charge on any atom is 0.261 e. The summed E-state index contributed by atoms with van der Waals surface area (Å²) in [7, 11) is -3.19. The molecule has 1 fully saturated rings. The average Bonchev–Trinajstić information content (AvgIpc) is 2.99. The fraction of sp³-hybridized carbons (Fsp3) is 0.409. The minimum absolute atomic E-state index is 0.0148. The molecular weight excluding hydrogens is 393 g/mol. The van der Waals surface area contributed by atoms with Crippen LogP contribution in [0.5, 0.6) is 5.75 Å². The molecule has 0 spiro atoms. The van der Waals surface area contributed by atoms with Crippen molar-refractivity contribution in [2.75, 3.05) is 18.1 Å². The first-order valence-corrected chi connectivity index (χ1v) is 11.4. The molecule has 3 rings (SSSR count). The highest BCUT2D eigenvalue weighted by molar-refractivity contribution is 7.91. The predicted octanol–water partition coefficient (Wildman–Crippen LogP) is 3.35. The van der Waals surface area contributed by atoms with Crippen molar-refractivity contribution < 1.29 is 22.3 Å². The van der Waals surface area contributed by atoms with Gasteiger partial charge in [-0.2, -0.15) is 0 Å². The van der Waals surface area contributed by atoms with E-state index in [0.29, 0.717) is 17.7 Å². The van der Waals surface area contributed by atoms with Crippen molar-refractivity contribution >= 4 is 15.7 Å². The van der Waals surface area contributed by atoms with Crippen LogP contribution < -0.4 is 4.74 Å². The second-order valence-electron chi connectivity index (χ2n) is 7.69. The maximum atomic E-state index is 14.2. The molecular formula is C22H26FNO4S. The van der Waals surface area contributed by atoms with Crippen molar-refractivity contribution in [3.05, 3.63) is 64.5 Å². The molecule has 1 saturated heterocycles. The molecule has 0 aliphatic carbocycles. The number of carbonyl (C=O) groups is 1. The third kappa shape index (κ3) is 5.15. The van der Waals surface area contributed by atoms with Crippen molar-refractivity contribution in [3.8, 4) is 5.75 Å². The SMILES string of the molecule is Cc1cc(C)c(OCC(=O)N(Cc2ccccc2F)C2CCS(=O)(=O)C2)c(C)c1. The zero-order chi connectivity index (χ0) is 21.2. The maximum absolute atomic E-state index is 14.2. The van der Waals surface area contributed by atoms with E-state index in [1.165, 1.54) is 11.0 Å². The number of amides is 1. The molecule has 2 aromatic rings. The van der Waals surface area contributed by atoms with Gasteiger partial charge in [0.1, 0.15) is 11.6 Å². The minimum atomic E-state index is -3.19. The van der Waals surface area contributed by atoms with E-state index in [-0.39, 0.29) is 30.6 Å². The monoisotopic (exact) mass is 419 g/mol. The van der Waals surface area contributed by atoms with Gasteiger partial charge >= 0.3 is 0 Å². The van der Waals surface area contributed by atoms with Crippen LogP contribution in [0.25, 0.3) is 0 Å². The Hall–Kier alpha value is -2.41. The first-order valence-electron chi connectivity index (χ1n) is 9.60. The lowest BCUT2D eigenvalue weighted by molar-refractivity contribution is -0.136. The number of benzene rings is 2. The van der Waals surface area contributed by atoms with Crippen LogP contribution in [0.1, 0.15) is 28.7 Å². The zero-order valence-corrected chi connectivity index (χ0v) is 17.8. The lowest BCUT2D eigenvalue weighted by Gasteiger charge is -2.29. The normalized spacial score (nSPS) is 17.9. The summed E-state index contributed by atoms with van der Waals surface area (Å²) in [6, 6.07) is 9.70. The van der Waals surface area contributed by atoms with E-state index in [0.717, 1.165) is 16.7 Å². The Labute approximate surface area is 171 Å². The zero-order valence-electron chi connectivity index (χ0n) is 16.9. The molecule has 1 aliphatic heterocycles. The number of hydrogen-bond acceptors (Lipinski definition) is 4. The molecule has 1 amide bonds. The topological polar surface area (TPSA) is 63.7 Å². The summed E-state index contributed by atoms with van der Waals surface area (Å²) in [5, 5.41) is 0. The van der Waals surface area contributed by atoms with Crippen LogP contribution in [0.2, 0.25) is 0 Å². The van der Waals surface area contributed by atoms with Crippen molar-refractivity contribution in [1.29, 1.82) is 0 Å². The van der Waals surface area contributed by atoms with Crippen LogP contribution in [0.3, 0.4) is 0 Å². The van der Waals surface area contributed by atoms with Crippen LogP contribution in [-0.2, 0) is 21.2 Å². The molecule has 29 heavy (non-hydrogen) atoms. The van der Waals surface area contributed by atoms with Crippen molar-refractivity contribution in [1.82, 2.24) is 4.90 Å². The van der Waals surface area contributed by atoms with Crippen LogP contribution in [0.4, 0.5) is 4.39 Å². The fourth-order valence-electron chi connectivity index (χ4n) is 3.86. The van der Waals surface area contributed by atoms with Gasteiger partial charge in [0, 0.05) is 18.2 Å². The van der Waals surface area contributed by atoms with Gasteiger partial charge in [-0.1, -0.05) is 35.9 Å². The molecule has 0 N–H and O–H groups in total. The van der Waals surface area contributed by atoms with Gasteiger partial charge < -0.3 is 9.64 Å². The summed E-state index contributed by atoms with van der Waals surface area (Å²) in [5.74, 6) is -0.188. The second-order valence-corrected chi connectivity index (χ2v) is 9.92. The molecule has 0 aromatic heterocycles. The van der Waals surface area contributed by atoms with Crippen LogP contribution >= 0.6 is 0 Å². The largest absolute Gasteiger partial charge is 0.483 e. The highest BCUT2D eigenvalue weighted by Gasteiger charge is 2.35. The summed E-state index contributed by atoms with van der Waals surface area (Å²) in [6.07, 6.45) is 0.352. The summed E-state index contributed by atoms with van der Waals surface area (Å²) in [5.41, 5.74) is 3.32. The summed E-state index contributed by atoms with van der Waals surface area (Å²) in [6.45, 7) is 5.61. The third-order valence-corrected chi connectivity index (χ3v) is 6.96. The van der Waals surface area contributed by atoms with Gasteiger partial charge in [0.05, 0.1) is 11.5 Å². The quantitative estimate of drug-likeness (QED) is 0.720. The standard InChI is InChI=1S/C22H26FNO4S/c1-15-10-16(2)22(17(3)11-15)28-13-21(25)24(19-8-9-29(26,27)14-19)12-18-6-4-5-7-20(18)23/h4-7,10-11,19H,8-9,12-14H2,1-3H3. The molecule has 1 aliphatic rings. The minimum Gasteiger partial charge on any atom is -0.483 e. The molecule has 1 unspecified atom stereocenters. The van der Waals surface area contributed by atoms with Crippen LogP contribution in [-0.4, -0.2) is 43.4 Å². The summed E-state index contributed by atoms with van der Waals surface area (Å²) in [4.78, 5) is 14.4. The van der Waals surface area contributed by atoms with E-state index in [4.69, 9.17) is 4.74 Å². The highest BCUT2D eigenvalue weighted by Crippen LogP contribution is 2.26. The van der Waals surface area contributed by atoms with Crippen LogP contribution in [0, 0.1) is 26.6 Å². The molecule has 0 radical (unpaired) electrons. The van der Waals surface area contributed by atoms with Crippen molar-refractivity contribution in [3.63, 3.8) is 0 Å². The Balaban J connectivity index is 1.80. The number of nitrogens with zero attached hydrogens (tertiary/aromatic N) is 1. The lowest BCUT2D eigenvalue weighted by Crippen LogP contribution is -2.43. The molecule has 0 saturated carbocycles. The van der Waals surface area contributed by atoms with Gasteiger partial charge in [0.2, 0.25) is 0 Å². The van der Waals surface area contributed by atoms with Gasteiger partial charge in [-0.05, 0) is 44.4 Å². The van der Waals surface area contributed by atoms with Gasteiger partial charge in [-0.25, -0.2) is 12.8 Å². The van der Waals surface area contributed by atoms with Gasteiger partial charge in [0.25, 0.3) is 5.91 Å². The van der Waals surface area contributed by atoms with Gasteiger partial charge in [0.15, 0.2) is 16.4 Å². The molecule has 1 heterocycles. The average molecular weight is 420 g/mol. The van der Waals surface area contributed by atoms with E-state index < -0.39 is 21.7 Å². The Morgan fingerprint density at radius 1 is 1.17 bits per heavy atom. The Bertz CT molecular complexity index is 996. The predicted molar refractivity (Wildman–Crippen MR) is 110 cm³/mol. The first kappa shape index (κ1) is 21.3. The number of hydrogen-bond donors (Lipinski definition) is 0. The third-order valence-electron chi connectivity index (χ3n) is 5.21. The molecule has 5 nitrogen and oxygen atoms in total. The van der Waals surface area contributed by atoms with E-state index in [1.54, 1.807) is 18.2 Å². The fourth-order valence-corrected chi connectivity index (χ4v) is 5.59. The number of ether oxygens (including phenoxy) is 1. The van der Waals surface area contributed by atoms with Gasteiger partial charge in [-0.3, -0.25) is 4.79 Å². The van der Waals surface area contributed by atoms with E-state index in [9.17, 15) is 17.6 Å². The number of carbonyl (C=O) groups excluding carboxylic acids is 1. The van der Waals surface area contributed by atoms with E-state index in [1.807, 2.05) is 32.9 Å². The Morgan fingerprint density at radius 3 is 2.41 bits per heavy atom. The summed E-state index contributed by atoms with van der Waals surface area (Å²) >= 11 is 0. The van der Waals surface area contributed by atoms with E-state index in [2.05, 4.69) is 0 Å². The van der Waals surface area contributed by atoms with Crippen molar-refractivity contribution in [2.24, 2.45) is 0 Å². The van der Waals surface area contributed by atoms with Crippen molar-refractivity contribution in [2.45, 2.75) is 39.8 Å². The molecule has 0 bridgehead atoms. The second kappa shape index (κ2) is 8.53. The van der Waals surface area contributed by atoms with Crippen LogP contribution in [0.15, 0.2) is 36.4 Å². The Morgan fingerprint density at radius 2 is 1.83 bits per heavy atom. The number of rotatable bonds is 6. The molecule has 7 heteroatoms. The first-order chi connectivity index (χ1) is 13.7. The van der Waals surface area contributed by atoms with E-state index >= 15 is 0 Å². The highest BCUT2D eigenvalue weighted by atomic mass is 32.2. The molecule has 2 aromatic carbocycles. The summed E-state index contributed by atoms with van der Waals surface area (Å²) < 4.78 is 43.9. The number of sulfone groups is 1. The molecule has 156 valence electrons.